The number of benzene rings is 1. The molecule has 2 rings (SSSR count). The number of piperidine rings is 1. The van der Waals surface area contributed by atoms with Crippen LogP contribution >= 0.6 is 0 Å². The van der Waals surface area contributed by atoms with Crippen molar-refractivity contribution in [2.45, 2.75) is 31.8 Å². The second kappa shape index (κ2) is 7.64. The van der Waals surface area contributed by atoms with Crippen molar-refractivity contribution in [1.29, 1.82) is 0 Å². The van der Waals surface area contributed by atoms with E-state index in [2.05, 4.69) is 10.6 Å². The number of hydrogen-bond donors (Lipinski definition) is 3. The summed E-state index contributed by atoms with van der Waals surface area (Å²) in [5.74, 6) is 0.0755. The van der Waals surface area contributed by atoms with Crippen LogP contribution in [0.4, 0.5) is 0 Å². The summed E-state index contributed by atoms with van der Waals surface area (Å²) in [6.07, 6.45) is 3.10. The van der Waals surface area contributed by atoms with Crippen molar-refractivity contribution in [1.82, 2.24) is 10.6 Å². The first-order valence-electron chi connectivity index (χ1n) is 7.16. The first-order chi connectivity index (χ1) is 10.1. The Kier molecular flexibility index (Phi) is 5.57. The van der Waals surface area contributed by atoms with Gasteiger partial charge in [-0.2, -0.15) is 0 Å². The zero-order valence-corrected chi connectivity index (χ0v) is 11.9. The lowest BCUT2D eigenvalue weighted by Crippen LogP contribution is -2.46. The SMILES string of the molecule is NC(=O)COc1cccc(CNC(=O)C2CCCCN2)c1. The molecule has 0 saturated carbocycles. The minimum atomic E-state index is -0.517. The average Bonchev–Trinajstić information content (AvgIpc) is 2.52. The van der Waals surface area contributed by atoms with E-state index in [4.69, 9.17) is 10.5 Å². The molecule has 1 saturated heterocycles. The van der Waals surface area contributed by atoms with Crippen LogP contribution in [0.25, 0.3) is 0 Å². The summed E-state index contributed by atoms with van der Waals surface area (Å²) in [5, 5.41) is 6.12. The minimum absolute atomic E-state index is 0.0261. The highest BCUT2D eigenvalue weighted by Crippen LogP contribution is 2.13. The van der Waals surface area contributed by atoms with E-state index in [0.717, 1.165) is 31.4 Å². The fourth-order valence-electron chi connectivity index (χ4n) is 2.29. The monoisotopic (exact) mass is 291 g/mol. The van der Waals surface area contributed by atoms with E-state index in [0.29, 0.717) is 12.3 Å². The lowest BCUT2D eigenvalue weighted by molar-refractivity contribution is -0.123. The Hall–Kier alpha value is -2.08. The van der Waals surface area contributed by atoms with E-state index >= 15 is 0 Å². The molecule has 1 aliphatic rings. The van der Waals surface area contributed by atoms with Crippen molar-refractivity contribution in [2.75, 3.05) is 13.2 Å². The summed E-state index contributed by atoms with van der Waals surface area (Å²) in [4.78, 5) is 22.7. The normalized spacial score (nSPS) is 18.0. The molecule has 1 heterocycles. The van der Waals surface area contributed by atoms with Crippen molar-refractivity contribution >= 4 is 11.8 Å². The van der Waals surface area contributed by atoms with E-state index in [9.17, 15) is 9.59 Å². The van der Waals surface area contributed by atoms with E-state index in [1.54, 1.807) is 12.1 Å². The lowest BCUT2D eigenvalue weighted by atomic mass is 10.0. The van der Waals surface area contributed by atoms with Crippen LogP contribution < -0.4 is 21.1 Å². The Balaban J connectivity index is 1.83. The summed E-state index contributed by atoms with van der Waals surface area (Å²) >= 11 is 0. The van der Waals surface area contributed by atoms with Crippen LogP contribution in [0.1, 0.15) is 24.8 Å². The van der Waals surface area contributed by atoms with Gasteiger partial charge in [0.1, 0.15) is 5.75 Å². The van der Waals surface area contributed by atoms with Crippen molar-refractivity contribution in [3.05, 3.63) is 29.8 Å². The molecule has 1 aromatic rings. The fraction of sp³-hybridized carbons (Fsp3) is 0.467. The van der Waals surface area contributed by atoms with Gasteiger partial charge in [-0.05, 0) is 37.1 Å². The first kappa shape index (κ1) is 15.3. The van der Waals surface area contributed by atoms with E-state index in [1.165, 1.54) is 0 Å². The number of nitrogens with two attached hydrogens (primary N) is 1. The van der Waals surface area contributed by atoms with Crippen molar-refractivity contribution < 1.29 is 14.3 Å². The second-order valence-electron chi connectivity index (χ2n) is 5.12. The predicted octanol–water partition coefficient (Wildman–Crippen LogP) is 0.309. The summed E-state index contributed by atoms with van der Waals surface area (Å²) in [6, 6.07) is 7.16. The third-order valence-electron chi connectivity index (χ3n) is 3.37. The third kappa shape index (κ3) is 5.07. The molecule has 1 aliphatic heterocycles. The number of rotatable bonds is 6. The molecule has 21 heavy (non-hydrogen) atoms. The summed E-state index contributed by atoms with van der Waals surface area (Å²) < 4.78 is 5.23. The lowest BCUT2D eigenvalue weighted by Gasteiger charge is -2.22. The molecule has 6 heteroatoms. The molecular formula is C15H21N3O3. The van der Waals surface area contributed by atoms with Crippen LogP contribution in [0.3, 0.4) is 0 Å². The van der Waals surface area contributed by atoms with Gasteiger partial charge in [-0.1, -0.05) is 18.6 Å². The maximum atomic E-state index is 12.0. The zero-order chi connectivity index (χ0) is 15.1. The molecule has 0 aliphatic carbocycles. The molecule has 0 spiro atoms. The Morgan fingerprint density at radius 3 is 2.95 bits per heavy atom. The van der Waals surface area contributed by atoms with Gasteiger partial charge in [0.15, 0.2) is 6.61 Å². The molecule has 114 valence electrons. The van der Waals surface area contributed by atoms with Crippen molar-refractivity contribution in [2.24, 2.45) is 5.73 Å². The number of carbonyl (C=O) groups is 2. The van der Waals surface area contributed by atoms with Crippen molar-refractivity contribution in [3.8, 4) is 5.75 Å². The zero-order valence-electron chi connectivity index (χ0n) is 11.9. The molecule has 0 aromatic heterocycles. The highest BCUT2D eigenvalue weighted by atomic mass is 16.5. The summed E-state index contributed by atoms with van der Waals surface area (Å²) in [7, 11) is 0. The molecule has 0 bridgehead atoms. The molecule has 0 radical (unpaired) electrons. The highest BCUT2D eigenvalue weighted by molar-refractivity contribution is 5.81. The largest absolute Gasteiger partial charge is 0.484 e. The number of hydrogen-bond acceptors (Lipinski definition) is 4. The molecule has 1 atom stereocenters. The smallest absolute Gasteiger partial charge is 0.255 e. The van der Waals surface area contributed by atoms with Gasteiger partial charge in [-0.3, -0.25) is 9.59 Å². The Bertz CT molecular complexity index is 499. The standard InChI is InChI=1S/C15H21N3O3/c16-14(19)10-21-12-5-3-4-11(8-12)9-18-15(20)13-6-1-2-7-17-13/h3-5,8,13,17H,1-2,6-7,9-10H2,(H2,16,19)(H,18,20). The van der Waals surface area contributed by atoms with Crippen LogP contribution in [0.15, 0.2) is 24.3 Å². The Morgan fingerprint density at radius 1 is 1.38 bits per heavy atom. The molecule has 6 nitrogen and oxygen atoms in total. The van der Waals surface area contributed by atoms with Crippen LogP contribution in [-0.4, -0.2) is 31.0 Å². The number of amides is 2. The van der Waals surface area contributed by atoms with Gasteiger partial charge >= 0.3 is 0 Å². The van der Waals surface area contributed by atoms with Gasteiger partial charge in [0.25, 0.3) is 5.91 Å². The maximum Gasteiger partial charge on any atom is 0.255 e. The van der Waals surface area contributed by atoms with Gasteiger partial charge in [-0.25, -0.2) is 0 Å². The average molecular weight is 291 g/mol. The third-order valence-corrected chi connectivity index (χ3v) is 3.37. The quantitative estimate of drug-likeness (QED) is 0.703. The number of nitrogens with one attached hydrogen (secondary N) is 2. The van der Waals surface area contributed by atoms with E-state index < -0.39 is 5.91 Å². The van der Waals surface area contributed by atoms with E-state index in [1.807, 2.05) is 12.1 Å². The molecule has 1 fully saturated rings. The fourth-order valence-corrected chi connectivity index (χ4v) is 2.29. The number of primary amides is 1. The molecule has 4 N–H and O–H groups in total. The van der Waals surface area contributed by atoms with Crippen LogP contribution in [0.2, 0.25) is 0 Å². The van der Waals surface area contributed by atoms with Gasteiger partial charge in [-0.15, -0.1) is 0 Å². The minimum Gasteiger partial charge on any atom is -0.484 e. The maximum absolute atomic E-state index is 12.0. The summed E-state index contributed by atoms with van der Waals surface area (Å²) in [5.41, 5.74) is 5.95. The van der Waals surface area contributed by atoms with Crippen LogP contribution in [0.5, 0.6) is 5.75 Å². The van der Waals surface area contributed by atoms with Gasteiger partial charge in [0, 0.05) is 6.54 Å². The molecule has 1 unspecified atom stereocenters. The second-order valence-corrected chi connectivity index (χ2v) is 5.12. The highest BCUT2D eigenvalue weighted by Gasteiger charge is 2.19. The molecular weight excluding hydrogens is 270 g/mol. The number of carbonyl (C=O) groups excluding carboxylic acids is 2. The molecule has 2 amide bonds. The number of ether oxygens (including phenoxy) is 1. The van der Waals surface area contributed by atoms with Crippen LogP contribution in [-0.2, 0) is 16.1 Å². The first-order valence-corrected chi connectivity index (χ1v) is 7.16. The predicted molar refractivity (Wildman–Crippen MR) is 78.6 cm³/mol. The van der Waals surface area contributed by atoms with E-state index in [-0.39, 0.29) is 18.6 Å². The van der Waals surface area contributed by atoms with Gasteiger partial charge < -0.3 is 21.1 Å². The van der Waals surface area contributed by atoms with Gasteiger partial charge in [0.2, 0.25) is 5.91 Å². The summed E-state index contributed by atoms with van der Waals surface area (Å²) in [6.45, 7) is 1.18. The Labute approximate surface area is 124 Å². The van der Waals surface area contributed by atoms with Crippen LogP contribution in [0, 0.1) is 0 Å². The Morgan fingerprint density at radius 2 is 2.24 bits per heavy atom. The molecule has 1 aromatic carbocycles. The van der Waals surface area contributed by atoms with Gasteiger partial charge in [0.05, 0.1) is 6.04 Å². The topological polar surface area (TPSA) is 93.5 Å². The van der Waals surface area contributed by atoms with Crippen molar-refractivity contribution in [3.63, 3.8) is 0 Å².